The summed E-state index contributed by atoms with van der Waals surface area (Å²) in [6, 6.07) is 0.497. The van der Waals surface area contributed by atoms with E-state index in [0.717, 1.165) is 25.5 Å². The number of piperidine rings is 1. The lowest BCUT2D eigenvalue weighted by atomic mass is 10.1. The quantitative estimate of drug-likeness (QED) is 0.828. The number of hydrogen-bond donors (Lipinski definition) is 1. The van der Waals surface area contributed by atoms with Crippen molar-refractivity contribution in [2.24, 2.45) is 5.92 Å². The number of likely N-dealkylation sites (tertiary alicyclic amines) is 1. The fourth-order valence-corrected chi connectivity index (χ4v) is 2.78. The SMILES string of the molecule is CC(C)Cn1ncnc1CNC(C)CN1CCCCC1. The second-order valence-electron chi connectivity index (χ2n) is 6.40. The van der Waals surface area contributed by atoms with Crippen molar-refractivity contribution >= 4 is 0 Å². The van der Waals surface area contributed by atoms with Crippen LogP contribution in [-0.2, 0) is 13.1 Å². The van der Waals surface area contributed by atoms with Gasteiger partial charge in [0.25, 0.3) is 0 Å². The summed E-state index contributed by atoms with van der Waals surface area (Å²) in [6.45, 7) is 12.1. The molecule has 1 aromatic heterocycles. The van der Waals surface area contributed by atoms with Crippen LogP contribution in [0.4, 0.5) is 0 Å². The molecule has 1 fully saturated rings. The fraction of sp³-hybridized carbons (Fsp3) is 0.867. The minimum atomic E-state index is 0.497. The third-order valence-corrected chi connectivity index (χ3v) is 3.82. The van der Waals surface area contributed by atoms with Crippen LogP contribution >= 0.6 is 0 Å². The van der Waals surface area contributed by atoms with Crippen molar-refractivity contribution in [3.05, 3.63) is 12.2 Å². The molecule has 0 saturated carbocycles. The van der Waals surface area contributed by atoms with Crippen LogP contribution < -0.4 is 5.32 Å². The molecular formula is C15H29N5. The molecule has 1 saturated heterocycles. The third kappa shape index (κ3) is 4.87. The number of hydrogen-bond acceptors (Lipinski definition) is 4. The summed E-state index contributed by atoms with van der Waals surface area (Å²) < 4.78 is 2.02. The van der Waals surface area contributed by atoms with Crippen molar-refractivity contribution in [2.45, 2.75) is 59.2 Å². The molecule has 0 aromatic carbocycles. The van der Waals surface area contributed by atoms with E-state index in [1.165, 1.54) is 32.4 Å². The van der Waals surface area contributed by atoms with Gasteiger partial charge < -0.3 is 10.2 Å². The lowest BCUT2D eigenvalue weighted by Crippen LogP contribution is -2.41. The summed E-state index contributed by atoms with van der Waals surface area (Å²) in [5.74, 6) is 1.64. The van der Waals surface area contributed by atoms with E-state index >= 15 is 0 Å². The number of nitrogens with zero attached hydrogens (tertiary/aromatic N) is 4. The minimum absolute atomic E-state index is 0.497. The van der Waals surface area contributed by atoms with Crippen molar-refractivity contribution in [2.75, 3.05) is 19.6 Å². The second kappa shape index (κ2) is 7.74. The van der Waals surface area contributed by atoms with Crippen LogP contribution in [-0.4, -0.2) is 45.3 Å². The summed E-state index contributed by atoms with van der Waals surface area (Å²) >= 11 is 0. The maximum Gasteiger partial charge on any atom is 0.140 e. The van der Waals surface area contributed by atoms with E-state index in [-0.39, 0.29) is 0 Å². The molecular weight excluding hydrogens is 250 g/mol. The third-order valence-electron chi connectivity index (χ3n) is 3.82. The van der Waals surface area contributed by atoms with E-state index in [1.807, 2.05) is 4.68 Å². The molecule has 0 amide bonds. The lowest BCUT2D eigenvalue weighted by Gasteiger charge is -2.29. The Balaban J connectivity index is 1.75. The highest BCUT2D eigenvalue weighted by Crippen LogP contribution is 2.09. The first-order valence-electron chi connectivity index (χ1n) is 7.97. The van der Waals surface area contributed by atoms with Crippen LogP contribution in [0.5, 0.6) is 0 Å². The Labute approximate surface area is 122 Å². The molecule has 0 bridgehead atoms. The predicted octanol–water partition coefficient (Wildman–Crippen LogP) is 1.90. The number of rotatable bonds is 7. The number of aromatic nitrogens is 3. The summed E-state index contributed by atoms with van der Waals surface area (Å²) in [5.41, 5.74) is 0. The monoisotopic (exact) mass is 279 g/mol. The maximum absolute atomic E-state index is 4.36. The highest BCUT2D eigenvalue weighted by atomic mass is 15.3. The van der Waals surface area contributed by atoms with Crippen LogP contribution in [0.1, 0.15) is 45.9 Å². The van der Waals surface area contributed by atoms with E-state index in [2.05, 4.69) is 41.1 Å². The molecule has 1 aromatic rings. The normalized spacial score (nSPS) is 18.6. The molecule has 1 unspecified atom stereocenters. The highest BCUT2D eigenvalue weighted by molar-refractivity contribution is 4.85. The van der Waals surface area contributed by atoms with Gasteiger partial charge in [-0.25, -0.2) is 9.67 Å². The predicted molar refractivity (Wildman–Crippen MR) is 81.5 cm³/mol. The molecule has 0 aliphatic carbocycles. The molecule has 2 rings (SSSR count). The van der Waals surface area contributed by atoms with Crippen LogP contribution in [0.3, 0.4) is 0 Å². The smallest absolute Gasteiger partial charge is 0.140 e. The minimum Gasteiger partial charge on any atom is -0.306 e. The molecule has 1 aliphatic rings. The summed E-state index contributed by atoms with van der Waals surface area (Å²) in [4.78, 5) is 6.93. The Morgan fingerprint density at radius 2 is 1.90 bits per heavy atom. The van der Waals surface area contributed by atoms with Crippen molar-refractivity contribution in [1.82, 2.24) is 25.0 Å². The first-order valence-corrected chi connectivity index (χ1v) is 7.97. The van der Waals surface area contributed by atoms with Gasteiger partial charge in [0.15, 0.2) is 0 Å². The molecule has 5 nitrogen and oxygen atoms in total. The maximum atomic E-state index is 4.36. The van der Waals surface area contributed by atoms with Gasteiger partial charge in [-0.3, -0.25) is 0 Å². The number of nitrogens with one attached hydrogen (secondary N) is 1. The van der Waals surface area contributed by atoms with Gasteiger partial charge in [0.05, 0.1) is 6.54 Å². The van der Waals surface area contributed by atoms with Crippen LogP contribution in [0.25, 0.3) is 0 Å². The van der Waals surface area contributed by atoms with E-state index in [9.17, 15) is 0 Å². The Kier molecular flexibility index (Phi) is 5.98. The van der Waals surface area contributed by atoms with Gasteiger partial charge in [-0.2, -0.15) is 5.10 Å². The van der Waals surface area contributed by atoms with Gasteiger partial charge in [-0.1, -0.05) is 20.3 Å². The summed E-state index contributed by atoms with van der Waals surface area (Å²) in [5, 5.41) is 7.89. The van der Waals surface area contributed by atoms with Crippen molar-refractivity contribution in [3.8, 4) is 0 Å². The molecule has 5 heteroatoms. The highest BCUT2D eigenvalue weighted by Gasteiger charge is 2.14. The lowest BCUT2D eigenvalue weighted by molar-refractivity contribution is 0.208. The van der Waals surface area contributed by atoms with E-state index < -0.39 is 0 Å². The first-order chi connectivity index (χ1) is 9.65. The molecule has 1 atom stereocenters. The standard InChI is InChI=1S/C15H29N5/c1-13(2)10-20-15(17-12-18-20)9-16-14(3)11-19-7-5-4-6-8-19/h12-14,16H,4-11H2,1-3H3. The van der Waals surface area contributed by atoms with Crippen LogP contribution in [0, 0.1) is 5.92 Å². The van der Waals surface area contributed by atoms with Gasteiger partial charge in [0, 0.05) is 19.1 Å². The van der Waals surface area contributed by atoms with E-state index in [4.69, 9.17) is 0 Å². The average molecular weight is 279 g/mol. The summed E-state index contributed by atoms with van der Waals surface area (Å²) in [6.07, 6.45) is 5.77. The fourth-order valence-electron chi connectivity index (χ4n) is 2.78. The molecule has 0 spiro atoms. The Morgan fingerprint density at radius 1 is 1.15 bits per heavy atom. The van der Waals surface area contributed by atoms with Gasteiger partial charge in [-0.15, -0.1) is 0 Å². The van der Waals surface area contributed by atoms with Crippen molar-refractivity contribution < 1.29 is 0 Å². The van der Waals surface area contributed by atoms with Gasteiger partial charge >= 0.3 is 0 Å². The van der Waals surface area contributed by atoms with Crippen LogP contribution in [0.2, 0.25) is 0 Å². The van der Waals surface area contributed by atoms with Gasteiger partial charge in [0.1, 0.15) is 12.2 Å². The first kappa shape index (κ1) is 15.4. The average Bonchev–Trinajstić information content (AvgIpc) is 2.84. The zero-order valence-corrected chi connectivity index (χ0v) is 13.2. The molecule has 1 N–H and O–H groups in total. The Morgan fingerprint density at radius 3 is 2.60 bits per heavy atom. The zero-order chi connectivity index (χ0) is 14.4. The molecule has 0 radical (unpaired) electrons. The Hall–Kier alpha value is -0.940. The molecule has 114 valence electrons. The van der Waals surface area contributed by atoms with Gasteiger partial charge in [0.2, 0.25) is 0 Å². The van der Waals surface area contributed by atoms with Crippen molar-refractivity contribution in [1.29, 1.82) is 0 Å². The topological polar surface area (TPSA) is 46.0 Å². The largest absolute Gasteiger partial charge is 0.306 e. The van der Waals surface area contributed by atoms with E-state index in [1.54, 1.807) is 6.33 Å². The van der Waals surface area contributed by atoms with Crippen molar-refractivity contribution in [3.63, 3.8) is 0 Å². The Bertz CT molecular complexity index is 381. The zero-order valence-electron chi connectivity index (χ0n) is 13.2. The summed E-state index contributed by atoms with van der Waals surface area (Å²) in [7, 11) is 0. The second-order valence-corrected chi connectivity index (χ2v) is 6.40. The molecule has 1 aliphatic heterocycles. The molecule has 2 heterocycles. The molecule has 20 heavy (non-hydrogen) atoms. The van der Waals surface area contributed by atoms with E-state index in [0.29, 0.717) is 12.0 Å². The van der Waals surface area contributed by atoms with Gasteiger partial charge in [-0.05, 0) is 38.8 Å². The van der Waals surface area contributed by atoms with Crippen LogP contribution in [0.15, 0.2) is 6.33 Å².